The van der Waals surface area contributed by atoms with Crippen LogP contribution in [0.4, 0.5) is 22.0 Å². The van der Waals surface area contributed by atoms with Crippen LogP contribution in [0, 0.1) is 11.6 Å². The molecule has 3 rings (SSSR count). The zero-order valence-electron chi connectivity index (χ0n) is 19.2. The second-order valence-corrected chi connectivity index (χ2v) is 8.07. The molecule has 1 amide bonds. The van der Waals surface area contributed by atoms with E-state index in [-0.39, 0.29) is 11.3 Å². The van der Waals surface area contributed by atoms with Crippen LogP contribution in [0.25, 0.3) is 0 Å². The number of rotatable bonds is 10. The Morgan fingerprint density at radius 2 is 1.81 bits per heavy atom. The molecule has 2 atom stereocenters. The van der Waals surface area contributed by atoms with Gasteiger partial charge in [0.15, 0.2) is 6.61 Å². The van der Waals surface area contributed by atoms with Gasteiger partial charge < -0.3 is 19.8 Å². The summed E-state index contributed by atoms with van der Waals surface area (Å²) in [5, 5.41) is 25.0. The quantitative estimate of drug-likeness (QED) is 0.389. The van der Waals surface area contributed by atoms with Crippen molar-refractivity contribution in [2.24, 2.45) is 0 Å². The summed E-state index contributed by atoms with van der Waals surface area (Å²) < 4.78 is 71.3. The largest absolute Gasteiger partial charge is 0.484 e. The van der Waals surface area contributed by atoms with Gasteiger partial charge in [-0.3, -0.25) is 9.59 Å². The number of ether oxygens (including phenoxy) is 1. The molecular weight excluding hydrogens is 507 g/mol. The van der Waals surface area contributed by atoms with Gasteiger partial charge in [-0.15, -0.1) is 0 Å². The summed E-state index contributed by atoms with van der Waals surface area (Å²) >= 11 is 0. The SMILES string of the molecule is C[C@@H](N(CC(=O)O)C(=O)c1ccc(OCC(F)(F)F)cc1)[C@](O)(Cn1cncn1)c1ccc(F)cc1F. The predicted octanol–water partition coefficient (Wildman–Crippen LogP) is 3.00. The number of carboxylic acids is 1. The zero-order valence-corrected chi connectivity index (χ0v) is 19.2. The molecule has 0 aliphatic rings. The second kappa shape index (κ2) is 10.9. The molecule has 1 heterocycles. The first-order valence-corrected chi connectivity index (χ1v) is 10.6. The van der Waals surface area contributed by atoms with Crippen molar-refractivity contribution in [1.82, 2.24) is 19.7 Å². The minimum atomic E-state index is -4.58. The van der Waals surface area contributed by atoms with Crippen LogP contribution in [-0.2, 0) is 16.9 Å². The summed E-state index contributed by atoms with van der Waals surface area (Å²) in [6, 6.07) is 5.34. The van der Waals surface area contributed by atoms with Crippen molar-refractivity contribution in [1.29, 1.82) is 0 Å². The van der Waals surface area contributed by atoms with E-state index < -0.39 is 66.6 Å². The van der Waals surface area contributed by atoms with Crippen molar-refractivity contribution >= 4 is 11.9 Å². The fraction of sp³-hybridized carbons (Fsp3) is 0.304. The lowest BCUT2D eigenvalue weighted by Crippen LogP contribution is -2.55. The number of hydrogen-bond acceptors (Lipinski definition) is 6. The van der Waals surface area contributed by atoms with Crippen LogP contribution in [0.15, 0.2) is 55.1 Å². The molecular formula is C23H21F5N4O5. The van der Waals surface area contributed by atoms with Gasteiger partial charge in [-0.05, 0) is 37.3 Å². The van der Waals surface area contributed by atoms with E-state index in [1.807, 2.05) is 0 Å². The molecule has 198 valence electrons. The van der Waals surface area contributed by atoms with E-state index >= 15 is 0 Å². The number of carbonyl (C=O) groups excluding carboxylic acids is 1. The Kier molecular flexibility index (Phi) is 8.11. The van der Waals surface area contributed by atoms with Crippen molar-refractivity contribution in [3.05, 3.63) is 77.9 Å². The van der Waals surface area contributed by atoms with Gasteiger partial charge in [0.1, 0.15) is 42.2 Å². The smallest absolute Gasteiger partial charge is 0.422 e. The van der Waals surface area contributed by atoms with Crippen molar-refractivity contribution in [3.63, 3.8) is 0 Å². The Labute approximate surface area is 206 Å². The van der Waals surface area contributed by atoms with E-state index in [4.69, 9.17) is 0 Å². The number of aliphatic hydroxyl groups is 1. The molecule has 0 aliphatic carbocycles. The van der Waals surface area contributed by atoms with Gasteiger partial charge in [0.2, 0.25) is 0 Å². The first-order valence-electron chi connectivity index (χ1n) is 10.6. The van der Waals surface area contributed by atoms with Gasteiger partial charge in [0.05, 0.1) is 12.6 Å². The molecule has 14 heteroatoms. The fourth-order valence-electron chi connectivity index (χ4n) is 3.66. The molecule has 0 saturated heterocycles. The zero-order chi connectivity index (χ0) is 27.4. The van der Waals surface area contributed by atoms with Crippen LogP contribution >= 0.6 is 0 Å². The van der Waals surface area contributed by atoms with E-state index in [2.05, 4.69) is 14.8 Å². The Hall–Kier alpha value is -4.07. The molecule has 0 bridgehead atoms. The number of carboxylic acid groups (broad SMARTS) is 1. The molecule has 0 radical (unpaired) electrons. The lowest BCUT2D eigenvalue weighted by molar-refractivity contribution is -0.153. The Morgan fingerprint density at radius 1 is 1.14 bits per heavy atom. The lowest BCUT2D eigenvalue weighted by atomic mass is 9.85. The molecule has 3 aromatic rings. The van der Waals surface area contributed by atoms with E-state index in [0.717, 1.165) is 52.3 Å². The molecule has 2 N–H and O–H groups in total. The molecule has 1 aromatic heterocycles. The number of hydrogen-bond donors (Lipinski definition) is 2. The van der Waals surface area contributed by atoms with Crippen LogP contribution in [-0.4, -0.2) is 67.1 Å². The topological polar surface area (TPSA) is 118 Å². The van der Waals surface area contributed by atoms with Gasteiger partial charge in [-0.2, -0.15) is 18.3 Å². The Balaban J connectivity index is 1.99. The molecule has 37 heavy (non-hydrogen) atoms. The summed E-state index contributed by atoms with van der Waals surface area (Å²) in [4.78, 5) is 29.4. The van der Waals surface area contributed by atoms with Gasteiger partial charge in [-0.25, -0.2) is 18.4 Å². The summed E-state index contributed by atoms with van der Waals surface area (Å²) in [6.07, 6.45) is -2.25. The van der Waals surface area contributed by atoms with Gasteiger partial charge in [0, 0.05) is 17.2 Å². The lowest BCUT2D eigenvalue weighted by Gasteiger charge is -2.40. The van der Waals surface area contributed by atoms with Gasteiger partial charge in [0.25, 0.3) is 5.91 Å². The Bertz CT molecular complexity index is 1240. The third kappa shape index (κ3) is 6.78. The summed E-state index contributed by atoms with van der Waals surface area (Å²) in [5.41, 5.74) is -2.90. The Morgan fingerprint density at radius 3 is 2.35 bits per heavy atom. The molecule has 0 spiro atoms. The minimum absolute atomic E-state index is 0.143. The summed E-state index contributed by atoms with van der Waals surface area (Å²) in [6.45, 7) is -1.72. The fourth-order valence-corrected chi connectivity index (χ4v) is 3.66. The highest BCUT2D eigenvalue weighted by Crippen LogP contribution is 2.33. The maximum atomic E-state index is 14.8. The number of aliphatic carboxylic acids is 1. The molecule has 0 unspecified atom stereocenters. The van der Waals surface area contributed by atoms with E-state index in [1.54, 1.807) is 0 Å². The summed E-state index contributed by atoms with van der Waals surface area (Å²) in [7, 11) is 0. The van der Waals surface area contributed by atoms with E-state index in [9.17, 15) is 41.8 Å². The van der Waals surface area contributed by atoms with Crippen LogP contribution in [0.1, 0.15) is 22.8 Å². The van der Waals surface area contributed by atoms with Gasteiger partial charge >= 0.3 is 12.1 Å². The first kappa shape index (κ1) is 27.5. The van der Waals surface area contributed by atoms with Crippen molar-refractivity contribution < 1.29 is 46.5 Å². The van der Waals surface area contributed by atoms with Crippen LogP contribution in [0.3, 0.4) is 0 Å². The average Bonchev–Trinajstić information content (AvgIpc) is 3.32. The van der Waals surface area contributed by atoms with Crippen LogP contribution in [0.2, 0.25) is 0 Å². The van der Waals surface area contributed by atoms with Crippen molar-refractivity contribution in [3.8, 4) is 5.75 Å². The second-order valence-electron chi connectivity index (χ2n) is 8.07. The van der Waals surface area contributed by atoms with Crippen molar-refractivity contribution in [2.75, 3.05) is 13.2 Å². The normalized spacial score (nSPS) is 14.0. The minimum Gasteiger partial charge on any atom is -0.484 e. The standard InChI is InChI=1S/C23H21F5N4O5/c1-14(22(36,10-31-13-29-12-30-31)18-7-4-16(24)8-19(18)25)32(9-20(33)34)21(35)15-2-5-17(6-3-15)37-11-23(26,27)28/h2-8,12-14,36H,9-11H2,1H3,(H,33,34)/t14-,22-/m1/s1. The number of halogens is 5. The number of carbonyl (C=O) groups is 2. The van der Waals surface area contributed by atoms with Gasteiger partial charge in [-0.1, -0.05) is 6.07 Å². The van der Waals surface area contributed by atoms with Crippen LogP contribution < -0.4 is 4.74 Å². The maximum Gasteiger partial charge on any atom is 0.422 e. The van der Waals surface area contributed by atoms with Crippen LogP contribution in [0.5, 0.6) is 5.75 Å². The predicted molar refractivity (Wildman–Crippen MR) is 116 cm³/mol. The molecule has 0 saturated carbocycles. The number of amides is 1. The molecule has 9 nitrogen and oxygen atoms in total. The molecule has 2 aromatic carbocycles. The highest BCUT2D eigenvalue weighted by molar-refractivity contribution is 5.96. The van der Waals surface area contributed by atoms with Crippen molar-refractivity contribution in [2.45, 2.75) is 31.3 Å². The number of aromatic nitrogens is 3. The highest BCUT2D eigenvalue weighted by atomic mass is 19.4. The third-order valence-corrected chi connectivity index (χ3v) is 5.50. The number of nitrogens with zero attached hydrogens (tertiary/aromatic N) is 4. The maximum absolute atomic E-state index is 14.8. The number of alkyl halides is 3. The monoisotopic (exact) mass is 528 g/mol. The summed E-state index contributed by atoms with van der Waals surface area (Å²) in [5.74, 6) is -4.67. The third-order valence-electron chi connectivity index (χ3n) is 5.50. The number of benzene rings is 2. The average molecular weight is 528 g/mol. The van der Waals surface area contributed by atoms with E-state index in [0.29, 0.717) is 6.07 Å². The first-order chi connectivity index (χ1) is 17.3. The highest BCUT2D eigenvalue weighted by Gasteiger charge is 2.44. The molecule has 0 fully saturated rings. The van der Waals surface area contributed by atoms with E-state index in [1.165, 1.54) is 13.3 Å². The molecule has 0 aliphatic heterocycles.